The topological polar surface area (TPSA) is 51.5 Å². The average molecular weight is 336 g/mol. The van der Waals surface area contributed by atoms with E-state index in [4.69, 9.17) is 4.84 Å². The Morgan fingerprint density at radius 3 is 2.76 bits per heavy atom. The number of nitrogens with zero attached hydrogens (tertiary/aromatic N) is 2. The van der Waals surface area contributed by atoms with Crippen molar-refractivity contribution < 1.29 is 14.0 Å². The van der Waals surface area contributed by atoms with Crippen molar-refractivity contribution in [3.05, 3.63) is 70.8 Å². The number of carbonyl (C=O) groups excluding carboxylic acids is 1. The van der Waals surface area contributed by atoms with Crippen LogP contribution in [0.3, 0.4) is 0 Å². The van der Waals surface area contributed by atoms with Crippen molar-refractivity contribution in [2.24, 2.45) is 5.16 Å². The van der Waals surface area contributed by atoms with E-state index in [0.29, 0.717) is 19.3 Å². The second kappa shape index (κ2) is 7.66. The van der Waals surface area contributed by atoms with Gasteiger partial charge in [0.05, 0.1) is 0 Å². The van der Waals surface area contributed by atoms with Gasteiger partial charge >= 0.3 is 0 Å². The molecule has 0 unspecified atom stereocenters. The first-order chi connectivity index (χ1) is 12.2. The van der Waals surface area contributed by atoms with E-state index in [1.165, 1.54) is 6.07 Å². The maximum absolute atomic E-state index is 13.8. The van der Waals surface area contributed by atoms with Crippen LogP contribution in [0, 0.1) is 5.82 Å². The number of fused-ring (bicyclic) bond motifs is 1. The van der Waals surface area contributed by atoms with Gasteiger partial charge in [-0.2, -0.15) is 0 Å². The first-order valence-electron chi connectivity index (χ1n) is 7.92. The number of allylic oxidation sites excluding steroid dienone is 2. The molecule has 0 amide bonds. The smallest absolute Gasteiger partial charge is 0.164 e. The zero-order valence-corrected chi connectivity index (χ0v) is 13.8. The fourth-order valence-electron chi connectivity index (χ4n) is 2.97. The molecule has 0 saturated carbocycles. The van der Waals surface area contributed by atoms with E-state index in [0.717, 1.165) is 39.6 Å². The molecule has 4 nitrogen and oxygen atoms in total. The van der Waals surface area contributed by atoms with Crippen LogP contribution in [0.4, 0.5) is 4.39 Å². The summed E-state index contributed by atoms with van der Waals surface area (Å²) >= 11 is 0. The Hall–Kier alpha value is -3.08. The van der Waals surface area contributed by atoms with E-state index in [1.54, 1.807) is 24.5 Å². The van der Waals surface area contributed by atoms with Gasteiger partial charge in [-0.05, 0) is 70.7 Å². The standard InChI is InChI=1S/C20H17FN2O2/c1-14-17(6-11-25-23-9-10-24)20-13-16(21)2-3-18(20)19(14)12-15-4-7-22-8-5-15/h2-5,7-10,12-13H,6,11H2,1H3. The second-order valence-electron chi connectivity index (χ2n) is 5.61. The lowest BCUT2D eigenvalue weighted by Gasteiger charge is -2.05. The first kappa shape index (κ1) is 16.8. The van der Waals surface area contributed by atoms with Crippen LogP contribution in [0.15, 0.2) is 53.5 Å². The molecule has 0 aliphatic heterocycles. The van der Waals surface area contributed by atoms with Crippen LogP contribution in [0.5, 0.6) is 0 Å². The molecular formula is C20H17FN2O2. The number of halogens is 1. The lowest BCUT2D eigenvalue weighted by molar-refractivity contribution is -0.102. The minimum absolute atomic E-state index is 0.269. The third-order valence-corrected chi connectivity index (χ3v) is 4.11. The molecule has 1 aromatic carbocycles. The van der Waals surface area contributed by atoms with Gasteiger partial charge < -0.3 is 4.84 Å². The summed E-state index contributed by atoms with van der Waals surface area (Å²) in [6.07, 6.45) is 7.74. The summed E-state index contributed by atoms with van der Waals surface area (Å²) in [5, 5.41) is 3.52. The molecule has 0 fully saturated rings. The van der Waals surface area contributed by atoms with Gasteiger partial charge in [0.2, 0.25) is 0 Å². The molecule has 0 radical (unpaired) electrons. The summed E-state index contributed by atoms with van der Waals surface area (Å²) in [4.78, 5) is 19.3. The van der Waals surface area contributed by atoms with E-state index in [1.807, 2.05) is 19.1 Å². The van der Waals surface area contributed by atoms with Crippen molar-refractivity contribution in [1.29, 1.82) is 0 Å². The molecule has 5 heteroatoms. The third kappa shape index (κ3) is 3.71. The number of aromatic nitrogens is 1. The van der Waals surface area contributed by atoms with Crippen LogP contribution in [0.1, 0.15) is 30.0 Å². The molecule has 1 aromatic heterocycles. The zero-order valence-electron chi connectivity index (χ0n) is 13.8. The number of rotatable bonds is 6. The SMILES string of the molecule is CC1=C(CCON=CC=O)c2cc(F)ccc2C1=Cc1ccncc1. The Bertz CT molecular complexity index is 871. The largest absolute Gasteiger partial charge is 0.395 e. The lowest BCUT2D eigenvalue weighted by atomic mass is 10.0. The fraction of sp³-hybridized carbons (Fsp3) is 0.150. The van der Waals surface area contributed by atoms with Crippen molar-refractivity contribution >= 4 is 29.7 Å². The average Bonchev–Trinajstić information content (AvgIpc) is 2.87. The van der Waals surface area contributed by atoms with Crippen LogP contribution < -0.4 is 0 Å². The molecule has 0 bridgehead atoms. The van der Waals surface area contributed by atoms with Gasteiger partial charge in [0.1, 0.15) is 18.6 Å². The van der Waals surface area contributed by atoms with Gasteiger partial charge in [-0.1, -0.05) is 11.2 Å². The Morgan fingerprint density at radius 2 is 2.00 bits per heavy atom. The molecule has 1 heterocycles. The highest BCUT2D eigenvalue weighted by Gasteiger charge is 2.24. The van der Waals surface area contributed by atoms with E-state index in [9.17, 15) is 9.18 Å². The molecule has 0 spiro atoms. The molecule has 25 heavy (non-hydrogen) atoms. The summed E-state index contributed by atoms with van der Waals surface area (Å²) in [5.74, 6) is -0.269. The van der Waals surface area contributed by atoms with Crippen molar-refractivity contribution in [1.82, 2.24) is 4.98 Å². The van der Waals surface area contributed by atoms with E-state index in [-0.39, 0.29) is 5.82 Å². The number of hydrogen-bond acceptors (Lipinski definition) is 4. The quantitative estimate of drug-likeness (QED) is 0.345. The Morgan fingerprint density at radius 1 is 1.20 bits per heavy atom. The molecule has 1 aliphatic rings. The van der Waals surface area contributed by atoms with E-state index in [2.05, 4.69) is 16.2 Å². The third-order valence-electron chi connectivity index (χ3n) is 4.11. The normalized spacial score (nSPS) is 15.0. The number of benzene rings is 1. The minimum Gasteiger partial charge on any atom is -0.395 e. The monoisotopic (exact) mass is 336 g/mol. The van der Waals surface area contributed by atoms with E-state index < -0.39 is 0 Å². The first-order valence-corrected chi connectivity index (χ1v) is 7.92. The Labute approximate surface area is 145 Å². The minimum atomic E-state index is -0.269. The van der Waals surface area contributed by atoms with Crippen molar-refractivity contribution in [2.45, 2.75) is 13.3 Å². The highest BCUT2D eigenvalue weighted by molar-refractivity contribution is 6.12. The molecule has 0 saturated heterocycles. The predicted octanol–water partition coefficient (Wildman–Crippen LogP) is 4.14. The van der Waals surface area contributed by atoms with Crippen LogP contribution in [-0.4, -0.2) is 24.1 Å². The van der Waals surface area contributed by atoms with E-state index >= 15 is 0 Å². The van der Waals surface area contributed by atoms with Crippen LogP contribution in [0.2, 0.25) is 0 Å². The van der Waals surface area contributed by atoms with Gasteiger partial charge in [-0.15, -0.1) is 0 Å². The summed E-state index contributed by atoms with van der Waals surface area (Å²) < 4.78 is 13.8. The highest BCUT2D eigenvalue weighted by Crippen LogP contribution is 2.43. The van der Waals surface area contributed by atoms with Crippen molar-refractivity contribution in [3.8, 4) is 0 Å². The molecule has 1 aliphatic carbocycles. The predicted molar refractivity (Wildman–Crippen MR) is 96.2 cm³/mol. The Kier molecular flexibility index (Phi) is 5.14. The van der Waals surface area contributed by atoms with Gasteiger partial charge in [-0.3, -0.25) is 9.78 Å². The van der Waals surface area contributed by atoms with Crippen LogP contribution in [-0.2, 0) is 9.63 Å². The second-order valence-corrected chi connectivity index (χ2v) is 5.61. The molecule has 126 valence electrons. The number of oxime groups is 1. The van der Waals surface area contributed by atoms with Gasteiger partial charge in [0.15, 0.2) is 6.29 Å². The number of hydrogen-bond donors (Lipinski definition) is 0. The zero-order chi connectivity index (χ0) is 17.6. The molecule has 3 rings (SSSR count). The summed E-state index contributed by atoms with van der Waals surface area (Å²) in [6.45, 7) is 2.34. The summed E-state index contributed by atoms with van der Waals surface area (Å²) in [6, 6.07) is 8.69. The molecular weight excluding hydrogens is 319 g/mol. The Balaban J connectivity index is 1.95. The summed E-state index contributed by atoms with van der Waals surface area (Å²) in [7, 11) is 0. The maximum Gasteiger partial charge on any atom is 0.164 e. The van der Waals surface area contributed by atoms with Crippen LogP contribution >= 0.6 is 0 Å². The number of carbonyl (C=O) groups is 1. The summed E-state index contributed by atoms with van der Waals surface area (Å²) in [5.41, 5.74) is 6.08. The molecule has 0 atom stereocenters. The van der Waals surface area contributed by atoms with Crippen molar-refractivity contribution in [2.75, 3.05) is 6.61 Å². The fourth-order valence-corrected chi connectivity index (χ4v) is 2.97. The number of pyridine rings is 1. The van der Waals surface area contributed by atoms with Gasteiger partial charge in [0, 0.05) is 18.8 Å². The number of aldehydes is 1. The lowest BCUT2D eigenvalue weighted by Crippen LogP contribution is -1.93. The van der Waals surface area contributed by atoms with Gasteiger partial charge in [0.25, 0.3) is 0 Å². The molecule has 0 N–H and O–H groups in total. The van der Waals surface area contributed by atoms with Gasteiger partial charge in [-0.25, -0.2) is 4.39 Å². The highest BCUT2D eigenvalue weighted by atomic mass is 19.1. The van der Waals surface area contributed by atoms with Crippen molar-refractivity contribution in [3.63, 3.8) is 0 Å². The maximum atomic E-state index is 13.8. The van der Waals surface area contributed by atoms with Crippen LogP contribution in [0.25, 0.3) is 17.2 Å². The molecule has 2 aromatic rings.